The molecule has 0 aliphatic heterocycles. The lowest BCUT2D eigenvalue weighted by Crippen LogP contribution is -2.38. The number of hydrogen-bond donors (Lipinski definition) is 0. The molecule has 0 heterocycles. The highest BCUT2D eigenvalue weighted by Crippen LogP contribution is 2.22. The number of rotatable bonds is 13. The number of unbranched alkanes of at least 4 members (excludes halogenated alkanes) is 3. The highest BCUT2D eigenvalue weighted by molar-refractivity contribution is 6.70. The van der Waals surface area contributed by atoms with Crippen LogP contribution in [-0.4, -0.2) is 28.8 Å². The molecule has 0 aliphatic rings. The van der Waals surface area contributed by atoms with Crippen LogP contribution in [0.15, 0.2) is 12.7 Å². The lowest BCUT2D eigenvalue weighted by molar-refractivity contribution is 0.0960. The predicted octanol–water partition coefficient (Wildman–Crippen LogP) is 6.36. The van der Waals surface area contributed by atoms with E-state index in [4.69, 9.17) is 8.85 Å². The van der Waals surface area contributed by atoms with Crippen molar-refractivity contribution in [1.29, 1.82) is 0 Å². The van der Waals surface area contributed by atoms with Crippen molar-refractivity contribution in [2.24, 2.45) is 0 Å². The first-order valence-electron chi connectivity index (χ1n) is 9.04. The van der Waals surface area contributed by atoms with Gasteiger partial charge in [-0.1, -0.05) is 38.7 Å². The molecular formula is C18H40O2Si2. The van der Waals surface area contributed by atoms with Crippen molar-refractivity contribution in [1.82, 2.24) is 0 Å². The van der Waals surface area contributed by atoms with Crippen LogP contribution in [0.5, 0.6) is 0 Å². The van der Waals surface area contributed by atoms with Gasteiger partial charge >= 0.3 is 0 Å². The molecule has 0 unspecified atom stereocenters. The molecule has 0 aromatic rings. The van der Waals surface area contributed by atoms with E-state index in [0.717, 1.165) is 12.8 Å². The summed E-state index contributed by atoms with van der Waals surface area (Å²) in [5.74, 6) is 0. The van der Waals surface area contributed by atoms with Crippen LogP contribution in [0.25, 0.3) is 0 Å². The van der Waals surface area contributed by atoms with Gasteiger partial charge in [-0.25, -0.2) is 0 Å². The van der Waals surface area contributed by atoms with Crippen LogP contribution in [0.4, 0.5) is 0 Å². The van der Waals surface area contributed by atoms with E-state index in [1.807, 2.05) is 6.08 Å². The summed E-state index contributed by atoms with van der Waals surface area (Å²) in [6.45, 7) is 19.8. The Kier molecular flexibility index (Phi) is 10.8. The van der Waals surface area contributed by atoms with Crippen molar-refractivity contribution in [3.05, 3.63) is 12.7 Å². The summed E-state index contributed by atoms with van der Waals surface area (Å²) in [5.41, 5.74) is 0. The third-order valence-corrected chi connectivity index (χ3v) is 5.46. The Bertz CT molecular complexity index is 292. The van der Waals surface area contributed by atoms with Gasteiger partial charge in [-0.3, -0.25) is 0 Å². The van der Waals surface area contributed by atoms with Crippen molar-refractivity contribution in [3.8, 4) is 0 Å². The second-order valence-corrected chi connectivity index (χ2v) is 17.2. The molecule has 0 aliphatic carbocycles. The molecule has 0 fully saturated rings. The van der Waals surface area contributed by atoms with Crippen LogP contribution in [0.1, 0.15) is 51.9 Å². The summed E-state index contributed by atoms with van der Waals surface area (Å²) < 4.78 is 12.8. The first-order valence-corrected chi connectivity index (χ1v) is 15.9. The Hall–Kier alpha value is 0.0938. The zero-order valence-electron chi connectivity index (χ0n) is 16.2. The van der Waals surface area contributed by atoms with Crippen LogP contribution < -0.4 is 0 Å². The summed E-state index contributed by atoms with van der Waals surface area (Å²) in [6.07, 6.45) is 11.0. The molecule has 0 N–H and O–H groups in total. The topological polar surface area (TPSA) is 18.5 Å². The quantitative estimate of drug-likeness (QED) is 0.220. The van der Waals surface area contributed by atoms with Crippen molar-refractivity contribution in [2.75, 3.05) is 0 Å². The summed E-state index contributed by atoms with van der Waals surface area (Å²) in [4.78, 5) is 0. The summed E-state index contributed by atoms with van der Waals surface area (Å²) >= 11 is 0. The summed E-state index contributed by atoms with van der Waals surface area (Å²) in [5, 5.41) is 0. The summed E-state index contributed by atoms with van der Waals surface area (Å²) in [6, 6.07) is 0. The van der Waals surface area contributed by atoms with Gasteiger partial charge in [-0.05, 0) is 58.5 Å². The monoisotopic (exact) mass is 344 g/mol. The fourth-order valence-corrected chi connectivity index (χ4v) is 5.10. The second kappa shape index (κ2) is 10.8. The van der Waals surface area contributed by atoms with Crippen molar-refractivity contribution in [2.45, 2.75) is 103 Å². The second-order valence-electron chi connectivity index (χ2n) is 8.31. The predicted molar refractivity (Wildman–Crippen MR) is 105 cm³/mol. The standard InChI is InChI=1S/C18H40O2Si2/c1-9-11-12-13-15-18(20-22(6,7)8)16-17(14-10-2)19-21(3,4)5/h10,17-18H,2,9,11-16H2,1,3-8H3/t17-,18-/m1/s1. The zero-order valence-corrected chi connectivity index (χ0v) is 18.2. The lowest BCUT2D eigenvalue weighted by atomic mass is 10.0. The number of hydrogen-bond acceptors (Lipinski definition) is 2. The van der Waals surface area contributed by atoms with E-state index in [1.165, 1.54) is 32.1 Å². The van der Waals surface area contributed by atoms with Gasteiger partial charge in [0.15, 0.2) is 16.6 Å². The third kappa shape index (κ3) is 13.7. The van der Waals surface area contributed by atoms with Crippen LogP contribution in [0.3, 0.4) is 0 Å². The highest BCUT2D eigenvalue weighted by atomic mass is 28.4. The molecule has 4 heteroatoms. The van der Waals surface area contributed by atoms with Crippen LogP contribution in [0, 0.1) is 0 Å². The van der Waals surface area contributed by atoms with Crippen molar-refractivity contribution >= 4 is 16.6 Å². The Morgan fingerprint density at radius 3 is 1.86 bits per heavy atom. The molecule has 0 rings (SSSR count). The zero-order chi connectivity index (χ0) is 17.2. The lowest BCUT2D eigenvalue weighted by Gasteiger charge is -2.32. The molecule has 22 heavy (non-hydrogen) atoms. The van der Waals surface area contributed by atoms with Gasteiger partial charge in [0.1, 0.15) is 0 Å². The van der Waals surface area contributed by atoms with Gasteiger partial charge in [-0.15, -0.1) is 6.58 Å². The smallest absolute Gasteiger partial charge is 0.184 e. The van der Waals surface area contributed by atoms with Crippen LogP contribution in [0.2, 0.25) is 39.3 Å². The molecule has 0 saturated carbocycles. The molecule has 0 aromatic heterocycles. The third-order valence-electron chi connectivity index (χ3n) is 3.38. The normalized spacial score (nSPS) is 15.6. The SMILES string of the molecule is C=CC[C@H](C[C@@H](CCCCCC)O[Si](C)(C)C)O[Si](C)(C)C. The minimum atomic E-state index is -1.52. The van der Waals surface area contributed by atoms with E-state index in [9.17, 15) is 0 Å². The molecule has 0 radical (unpaired) electrons. The van der Waals surface area contributed by atoms with Gasteiger partial charge in [0.05, 0.1) is 6.10 Å². The Morgan fingerprint density at radius 2 is 1.41 bits per heavy atom. The van der Waals surface area contributed by atoms with E-state index < -0.39 is 16.6 Å². The molecule has 0 aromatic carbocycles. The van der Waals surface area contributed by atoms with Gasteiger partial charge in [0, 0.05) is 6.10 Å². The fraction of sp³-hybridized carbons (Fsp3) is 0.889. The maximum atomic E-state index is 6.45. The molecule has 2 nitrogen and oxygen atoms in total. The first kappa shape index (κ1) is 22.1. The van der Waals surface area contributed by atoms with E-state index in [2.05, 4.69) is 52.8 Å². The van der Waals surface area contributed by atoms with Gasteiger partial charge in [0.2, 0.25) is 0 Å². The van der Waals surface area contributed by atoms with E-state index in [0.29, 0.717) is 6.10 Å². The van der Waals surface area contributed by atoms with Crippen LogP contribution >= 0.6 is 0 Å². The maximum absolute atomic E-state index is 6.45. The molecule has 0 spiro atoms. The summed E-state index contributed by atoms with van der Waals surface area (Å²) in [7, 11) is -3.03. The molecule has 132 valence electrons. The van der Waals surface area contributed by atoms with Gasteiger partial charge in [0.25, 0.3) is 0 Å². The van der Waals surface area contributed by atoms with Crippen molar-refractivity contribution in [3.63, 3.8) is 0 Å². The molecule has 0 amide bonds. The fourth-order valence-electron chi connectivity index (χ4n) is 2.70. The average Bonchev–Trinajstić information content (AvgIpc) is 2.30. The molecule has 0 saturated heterocycles. The minimum Gasteiger partial charge on any atom is -0.415 e. The Balaban J connectivity index is 4.63. The maximum Gasteiger partial charge on any atom is 0.184 e. The van der Waals surface area contributed by atoms with E-state index in [1.54, 1.807) is 0 Å². The Labute approximate surface area is 141 Å². The highest BCUT2D eigenvalue weighted by Gasteiger charge is 2.26. The van der Waals surface area contributed by atoms with Crippen LogP contribution in [-0.2, 0) is 8.85 Å². The largest absolute Gasteiger partial charge is 0.415 e. The van der Waals surface area contributed by atoms with Gasteiger partial charge in [-0.2, -0.15) is 0 Å². The molecule has 2 atom stereocenters. The molecular weight excluding hydrogens is 304 g/mol. The van der Waals surface area contributed by atoms with E-state index >= 15 is 0 Å². The molecule has 0 bridgehead atoms. The minimum absolute atomic E-state index is 0.275. The first-order chi connectivity index (χ1) is 10.1. The Morgan fingerprint density at radius 1 is 0.864 bits per heavy atom. The van der Waals surface area contributed by atoms with Crippen molar-refractivity contribution < 1.29 is 8.85 Å². The van der Waals surface area contributed by atoms with E-state index in [-0.39, 0.29) is 6.10 Å². The average molecular weight is 345 g/mol. The van der Waals surface area contributed by atoms with Gasteiger partial charge < -0.3 is 8.85 Å².